The van der Waals surface area contributed by atoms with E-state index in [1.165, 1.54) is 19.1 Å². The monoisotopic (exact) mass is 426 g/mol. The number of rotatable bonds is 7. The van der Waals surface area contributed by atoms with Crippen LogP contribution in [0.4, 0.5) is 11.4 Å². The third-order valence-electron chi connectivity index (χ3n) is 5.15. The average Bonchev–Trinajstić information content (AvgIpc) is 3.15. The molecule has 2 aromatic carbocycles. The van der Waals surface area contributed by atoms with Crippen LogP contribution in [0.5, 0.6) is 11.5 Å². The van der Waals surface area contributed by atoms with E-state index in [1.807, 2.05) is 32.0 Å². The molecule has 0 aliphatic carbocycles. The minimum atomic E-state index is -0.670. The van der Waals surface area contributed by atoms with Crippen LogP contribution in [0.3, 0.4) is 0 Å². The number of hydrogen-bond donors (Lipinski definition) is 1. The summed E-state index contributed by atoms with van der Waals surface area (Å²) in [7, 11) is 3.03. The normalized spacial score (nSPS) is 15.5. The average molecular weight is 426 g/mol. The van der Waals surface area contributed by atoms with E-state index in [1.54, 1.807) is 18.2 Å². The Morgan fingerprint density at radius 1 is 1.10 bits per heavy atom. The van der Waals surface area contributed by atoms with Crippen LogP contribution in [-0.2, 0) is 19.1 Å². The van der Waals surface area contributed by atoms with Gasteiger partial charge in [-0.05, 0) is 43.2 Å². The Kier molecular flexibility index (Phi) is 6.79. The van der Waals surface area contributed by atoms with E-state index in [-0.39, 0.29) is 18.9 Å². The summed E-state index contributed by atoms with van der Waals surface area (Å²) in [5, 5.41) is 2.74. The molecule has 164 valence electrons. The van der Waals surface area contributed by atoms with Crippen LogP contribution in [0.1, 0.15) is 17.5 Å². The van der Waals surface area contributed by atoms with E-state index in [0.717, 1.165) is 11.1 Å². The minimum Gasteiger partial charge on any atom is -0.497 e. The number of nitrogens with zero attached hydrogens (tertiary/aromatic N) is 1. The molecule has 1 heterocycles. The molecule has 8 heteroatoms. The number of nitrogens with one attached hydrogen (secondary N) is 1. The fourth-order valence-electron chi connectivity index (χ4n) is 3.42. The Balaban J connectivity index is 1.60. The molecule has 0 bridgehead atoms. The van der Waals surface area contributed by atoms with E-state index >= 15 is 0 Å². The first-order chi connectivity index (χ1) is 14.8. The Labute approximate surface area is 181 Å². The van der Waals surface area contributed by atoms with Crippen molar-refractivity contribution in [3.05, 3.63) is 47.5 Å². The van der Waals surface area contributed by atoms with Crippen molar-refractivity contribution in [2.45, 2.75) is 20.3 Å². The number of esters is 1. The molecular weight excluding hydrogens is 400 g/mol. The zero-order chi connectivity index (χ0) is 22.5. The van der Waals surface area contributed by atoms with Gasteiger partial charge in [0.15, 0.2) is 6.61 Å². The number of amides is 2. The van der Waals surface area contributed by atoms with Gasteiger partial charge in [-0.15, -0.1) is 0 Å². The molecule has 0 aromatic heterocycles. The molecular formula is C23H26N2O6. The molecule has 8 nitrogen and oxygen atoms in total. The molecule has 0 radical (unpaired) electrons. The fourth-order valence-corrected chi connectivity index (χ4v) is 3.42. The van der Waals surface area contributed by atoms with E-state index in [2.05, 4.69) is 5.32 Å². The van der Waals surface area contributed by atoms with Crippen molar-refractivity contribution in [3.63, 3.8) is 0 Å². The second-order valence-electron chi connectivity index (χ2n) is 7.42. The van der Waals surface area contributed by atoms with Crippen LogP contribution < -0.4 is 19.7 Å². The highest BCUT2D eigenvalue weighted by atomic mass is 16.5. The van der Waals surface area contributed by atoms with Crippen molar-refractivity contribution >= 4 is 29.2 Å². The summed E-state index contributed by atoms with van der Waals surface area (Å²) in [5.74, 6) is -0.856. The van der Waals surface area contributed by atoms with Gasteiger partial charge in [0.2, 0.25) is 5.91 Å². The number of hydrogen-bond acceptors (Lipinski definition) is 6. The molecule has 0 saturated carbocycles. The SMILES string of the molecule is COc1ccc(OC)c(N2C[C@@H](C(=O)OCC(=O)Nc3cc(C)ccc3C)CC2=O)c1. The molecule has 31 heavy (non-hydrogen) atoms. The largest absolute Gasteiger partial charge is 0.497 e. The van der Waals surface area contributed by atoms with Crippen molar-refractivity contribution in [2.24, 2.45) is 5.92 Å². The molecule has 0 spiro atoms. The Bertz CT molecular complexity index is 1000. The molecule has 2 aromatic rings. The predicted molar refractivity (Wildman–Crippen MR) is 116 cm³/mol. The first-order valence-electron chi connectivity index (χ1n) is 9.88. The number of aryl methyl sites for hydroxylation is 2. The molecule has 1 aliphatic rings. The summed E-state index contributed by atoms with van der Waals surface area (Å²) in [6.07, 6.45) is -0.00218. The van der Waals surface area contributed by atoms with Crippen LogP contribution in [0.15, 0.2) is 36.4 Å². The topological polar surface area (TPSA) is 94.2 Å². The van der Waals surface area contributed by atoms with E-state index in [4.69, 9.17) is 14.2 Å². The quantitative estimate of drug-likeness (QED) is 0.685. The summed E-state index contributed by atoms with van der Waals surface area (Å²) in [5.41, 5.74) is 3.12. The van der Waals surface area contributed by atoms with Gasteiger partial charge in [-0.25, -0.2) is 0 Å². The molecule has 1 fully saturated rings. The molecule has 1 N–H and O–H groups in total. The molecule has 0 unspecified atom stereocenters. The first kappa shape index (κ1) is 22.1. The van der Waals surface area contributed by atoms with Crippen LogP contribution in [0.2, 0.25) is 0 Å². The van der Waals surface area contributed by atoms with Gasteiger partial charge < -0.3 is 24.4 Å². The van der Waals surface area contributed by atoms with Crippen molar-refractivity contribution in [1.29, 1.82) is 0 Å². The van der Waals surface area contributed by atoms with E-state index in [0.29, 0.717) is 22.9 Å². The highest BCUT2D eigenvalue weighted by Crippen LogP contribution is 2.36. The Morgan fingerprint density at radius 3 is 2.58 bits per heavy atom. The summed E-state index contributed by atoms with van der Waals surface area (Å²) < 4.78 is 15.7. The lowest BCUT2D eigenvalue weighted by molar-refractivity contribution is -0.151. The van der Waals surface area contributed by atoms with Gasteiger partial charge in [0.1, 0.15) is 11.5 Å². The molecule has 1 atom stereocenters. The van der Waals surface area contributed by atoms with Gasteiger partial charge in [-0.1, -0.05) is 12.1 Å². The Morgan fingerprint density at radius 2 is 1.87 bits per heavy atom. The van der Waals surface area contributed by atoms with Gasteiger partial charge in [-0.3, -0.25) is 14.4 Å². The first-order valence-corrected chi connectivity index (χ1v) is 9.88. The van der Waals surface area contributed by atoms with E-state index in [9.17, 15) is 14.4 Å². The summed E-state index contributed by atoms with van der Waals surface area (Å²) in [4.78, 5) is 38.7. The molecule has 1 aliphatic heterocycles. The van der Waals surface area contributed by atoms with Crippen molar-refractivity contribution in [1.82, 2.24) is 0 Å². The standard InChI is InChI=1S/C23H26N2O6/c1-14-5-6-15(2)18(9-14)24-21(26)13-31-23(28)16-10-22(27)25(12-16)19-11-17(29-3)7-8-20(19)30-4/h5-9,11,16H,10,12-13H2,1-4H3,(H,24,26)/t16-/m0/s1. The maximum absolute atomic E-state index is 12.5. The van der Waals surface area contributed by atoms with Gasteiger partial charge in [0.25, 0.3) is 5.91 Å². The number of methoxy groups -OCH3 is 2. The maximum atomic E-state index is 12.5. The number of carbonyl (C=O) groups is 3. The zero-order valence-electron chi connectivity index (χ0n) is 18.1. The van der Waals surface area contributed by atoms with E-state index < -0.39 is 24.4 Å². The third-order valence-corrected chi connectivity index (χ3v) is 5.15. The number of anilines is 2. The van der Waals surface area contributed by atoms with Gasteiger partial charge in [-0.2, -0.15) is 0 Å². The highest BCUT2D eigenvalue weighted by Gasteiger charge is 2.37. The summed E-state index contributed by atoms with van der Waals surface area (Å²) in [6.45, 7) is 3.53. The fraction of sp³-hybridized carbons (Fsp3) is 0.348. The number of carbonyl (C=O) groups excluding carboxylic acids is 3. The molecule has 2 amide bonds. The van der Waals surface area contributed by atoms with Crippen LogP contribution in [0, 0.1) is 19.8 Å². The number of ether oxygens (including phenoxy) is 3. The third kappa shape index (κ3) is 5.14. The molecule has 1 saturated heterocycles. The smallest absolute Gasteiger partial charge is 0.311 e. The minimum absolute atomic E-state index is 0.00218. The lowest BCUT2D eigenvalue weighted by atomic mass is 10.1. The van der Waals surface area contributed by atoms with Crippen molar-refractivity contribution < 1.29 is 28.6 Å². The summed E-state index contributed by atoms with van der Waals surface area (Å²) >= 11 is 0. The second-order valence-corrected chi connectivity index (χ2v) is 7.42. The number of benzene rings is 2. The van der Waals surface area contributed by atoms with Crippen molar-refractivity contribution in [2.75, 3.05) is 37.6 Å². The Hall–Kier alpha value is -3.55. The molecule has 3 rings (SSSR count). The lowest BCUT2D eigenvalue weighted by Crippen LogP contribution is -2.28. The zero-order valence-corrected chi connectivity index (χ0v) is 18.1. The summed E-state index contributed by atoms with van der Waals surface area (Å²) in [6, 6.07) is 10.8. The van der Waals surface area contributed by atoms with Crippen molar-refractivity contribution in [3.8, 4) is 11.5 Å². The van der Waals surface area contributed by atoms with Crippen LogP contribution in [0.25, 0.3) is 0 Å². The van der Waals surface area contributed by atoms with Gasteiger partial charge in [0.05, 0.1) is 25.8 Å². The van der Waals surface area contributed by atoms with Gasteiger partial charge in [0, 0.05) is 24.7 Å². The second kappa shape index (κ2) is 9.51. The van der Waals surface area contributed by atoms with Crippen LogP contribution >= 0.6 is 0 Å². The highest BCUT2D eigenvalue weighted by molar-refractivity contribution is 6.01. The van der Waals surface area contributed by atoms with Crippen LogP contribution in [-0.4, -0.2) is 45.2 Å². The van der Waals surface area contributed by atoms with Gasteiger partial charge >= 0.3 is 5.97 Å². The predicted octanol–water partition coefficient (Wildman–Crippen LogP) is 2.86. The lowest BCUT2D eigenvalue weighted by Gasteiger charge is -2.20. The maximum Gasteiger partial charge on any atom is 0.311 e.